The van der Waals surface area contributed by atoms with Gasteiger partial charge in [-0.15, -0.1) is 0 Å². The molecule has 1 aliphatic rings. The lowest BCUT2D eigenvalue weighted by Gasteiger charge is -2.32. The van der Waals surface area contributed by atoms with Gasteiger partial charge in [0.2, 0.25) is 0 Å². The maximum absolute atomic E-state index is 12.7. The van der Waals surface area contributed by atoms with Gasteiger partial charge in [0.05, 0.1) is 14.2 Å². The number of ether oxygens (including phenoxy) is 2. The Hall–Kier alpha value is -2.78. The van der Waals surface area contributed by atoms with Crippen molar-refractivity contribution >= 4 is 6.03 Å². The number of nitrogens with zero attached hydrogens (tertiary/aromatic N) is 4. The van der Waals surface area contributed by atoms with Crippen molar-refractivity contribution in [3.63, 3.8) is 0 Å². The van der Waals surface area contributed by atoms with Crippen LogP contribution in [0.15, 0.2) is 30.6 Å². The van der Waals surface area contributed by atoms with E-state index < -0.39 is 6.04 Å². The number of methoxy groups -OCH3 is 2. The summed E-state index contributed by atoms with van der Waals surface area (Å²) in [4.78, 5) is 22.0. The second-order valence-electron chi connectivity index (χ2n) is 8.23. The van der Waals surface area contributed by atoms with Gasteiger partial charge in [0.25, 0.3) is 0 Å². The van der Waals surface area contributed by atoms with Crippen LogP contribution in [0.4, 0.5) is 4.79 Å². The van der Waals surface area contributed by atoms with E-state index >= 15 is 0 Å². The predicted octanol–water partition coefficient (Wildman–Crippen LogP) is 1.85. The molecule has 0 spiro atoms. The minimum absolute atomic E-state index is 0.223. The number of hydrogen-bond donors (Lipinski definition) is 2. The number of aromatic nitrogens is 2. The van der Waals surface area contributed by atoms with E-state index in [9.17, 15) is 4.79 Å². The van der Waals surface area contributed by atoms with Gasteiger partial charge in [-0.1, -0.05) is 0 Å². The smallest absolute Gasteiger partial charge is 0.315 e. The SMILES string of the molecule is COc1cc(OC)cc(C(NC(=O)NCCCCN2CCN(C)CC2)c2nccn2C)c1. The number of unbranched alkanes of at least 4 members (excludes halogenated alkanes) is 1. The van der Waals surface area contributed by atoms with Crippen LogP contribution in [0.3, 0.4) is 0 Å². The van der Waals surface area contributed by atoms with Gasteiger partial charge < -0.3 is 34.5 Å². The maximum atomic E-state index is 12.7. The predicted molar refractivity (Wildman–Crippen MR) is 124 cm³/mol. The van der Waals surface area contributed by atoms with E-state index in [0.717, 1.165) is 57.0 Å². The van der Waals surface area contributed by atoms with E-state index in [1.54, 1.807) is 26.5 Å². The number of piperazine rings is 1. The standard InChI is InChI=1S/C23H36N6O3/c1-27-11-13-29(14-12-27)9-6-5-7-25-23(30)26-21(22-24-8-10-28(22)2)18-15-19(31-3)17-20(16-18)32-4/h8,10,15-17,21H,5-7,9,11-14H2,1-4H3,(H2,25,26,30). The van der Waals surface area contributed by atoms with Crippen molar-refractivity contribution < 1.29 is 14.3 Å². The van der Waals surface area contributed by atoms with Crippen molar-refractivity contribution in [1.82, 2.24) is 30.0 Å². The van der Waals surface area contributed by atoms with Crippen molar-refractivity contribution in [3.05, 3.63) is 42.0 Å². The number of nitrogens with one attached hydrogen (secondary N) is 2. The zero-order valence-corrected chi connectivity index (χ0v) is 19.6. The summed E-state index contributed by atoms with van der Waals surface area (Å²) in [5, 5.41) is 6.05. The minimum atomic E-state index is -0.440. The monoisotopic (exact) mass is 444 g/mol. The highest BCUT2D eigenvalue weighted by molar-refractivity contribution is 5.74. The van der Waals surface area contributed by atoms with Crippen molar-refractivity contribution in [1.29, 1.82) is 0 Å². The molecule has 1 aliphatic heterocycles. The van der Waals surface area contributed by atoms with Crippen LogP contribution < -0.4 is 20.1 Å². The number of aryl methyl sites for hydroxylation is 1. The first kappa shape index (κ1) is 23.9. The molecule has 1 aromatic heterocycles. The summed E-state index contributed by atoms with van der Waals surface area (Å²) >= 11 is 0. The van der Waals surface area contributed by atoms with Gasteiger partial charge in [0, 0.05) is 58.2 Å². The number of amides is 2. The molecular weight excluding hydrogens is 408 g/mol. The van der Waals surface area contributed by atoms with Crippen LogP contribution in [0, 0.1) is 0 Å². The highest BCUT2D eigenvalue weighted by Crippen LogP contribution is 2.29. The van der Waals surface area contributed by atoms with Crippen molar-refractivity contribution in [3.8, 4) is 11.5 Å². The Morgan fingerprint density at radius 1 is 1.06 bits per heavy atom. The highest BCUT2D eigenvalue weighted by Gasteiger charge is 2.22. The summed E-state index contributed by atoms with van der Waals surface area (Å²) in [7, 11) is 7.29. The van der Waals surface area contributed by atoms with E-state index in [1.165, 1.54) is 0 Å². The number of carbonyl (C=O) groups excluding carboxylic acids is 1. The van der Waals surface area contributed by atoms with Gasteiger partial charge in [0.15, 0.2) is 0 Å². The third kappa shape index (κ3) is 6.61. The molecule has 0 bridgehead atoms. The zero-order chi connectivity index (χ0) is 22.9. The molecule has 9 nitrogen and oxygen atoms in total. The Morgan fingerprint density at radius 3 is 2.34 bits per heavy atom. The first-order valence-corrected chi connectivity index (χ1v) is 11.2. The normalized spacial score (nSPS) is 15.9. The first-order chi connectivity index (χ1) is 15.5. The van der Waals surface area contributed by atoms with E-state index in [2.05, 4.69) is 32.5 Å². The van der Waals surface area contributed by atoms with E-state index in [4.69, 9.17) is 9.47 Å². The van der Waals surface area contributed by atoms with Gasteiger partial charge in [0.1, 0.15) is 23.4 Å². The minimum Gasteiger partial charge on any atom is -0.497 e. The molecule has 2 heterocycles. The van der Waals surface area contributed by atoms with Crippen LogP contribution >= 0.6 is 0 Å². The molecule has 1 aromatic carbocycles. The quantitative estimate of drug-likeness (QED) is 0.544. The van der Waals surface area contributed by atoms with Crippen molar-refractivity contribution in [2.24, 2.45) is 7.05 Å². The topological polar surface area (TPSA) is 83.9 Å². The molecule has 1 atom stereocenters. The number of urea groups is 1. The van der Waals surface area contributed by atoms with E-state index in [-0.39, 0.29) is 6.03 Å². The van der Waals surface area contributed by atoms with Crippen LogP contribution in [-0.2, 0) is 7.05 Å². The largest absolute Gasteiger partial charge is 0.497 e. The molecule has 1 fully saturated rings. The molecule has 3 rings (SSSR count). The van der Waals surface area contributed by atoms with Crippen LogP contribution in [-0.4, -0.2) is 85.9 Å². The number of rotatable bonds is 10. The Bertz CT molecular complexity index is 841. The molecule has 1 unspecified atom stereocenters. The number of hydrogen-bond acceptors (Lipinski definition) is 6. The Kier molecular flexibility index (Phi) is 8.75. The summed E-state index contributed by atoms with van der Waals surface area (Å²) in [5.41, 5.74) is 0.834. The molecule has 0 radical (unpaired) electrons. The van der Waals surface area contributed by atoms with Crippen molar-refractivity contribution in [2.45, 2.75) is 18.9 Å². The number of likely N-dealkylation sites (N-methyl/N-ethyl adjacent to an activating group) is 1. The Morgan fingerprint density at radius 2 is 1.75 bits per heavy atom. The molecule has 2 amide bonds. The molecule has 0 saturated carbocycles. The second kappa shape index (κ2) is 11.7. The molecule has 2 aromatic rings. The van der Waals surface area contributed by atoms with Crippen molar-refractivity contribution in [2.75, 3.05) is 60.5 Å². The maximum Gasteiger partial charge on any atom is 0.315 e. The average Bonchev–Trinajstić information content (AvgIpc) is 3.23. The molecule has 2 N–H and O–H groups in total. The van der Waals surface area contributed by atoms with Gasteiger partial charge in [-0.25, -0.2) is 9.78 Å². The Balaban J connectivity index is 1.56. The Labute approximate surface area is 190 Å². The summed E-state index contributed by atoms with van der Waals surface area (Å²) < 4.78 is 12.7. The third-order valence-electron chi connectivity index (χ3n) is 5.88. The summed E-state index contributed by atoms with van der Waals surface area (Å²) in [6.07, 6.45) is 5.59. The number of benzene rings is 1. The molecular formula is C23H36N6O3. The highest BCUT2D eigenvalue weighted by atomic mass is 16.5. The lowest BCUT2D eigenvalue weighted by Crippen LogP contribution is -2.44. The van der Waals surface area contributed by atoms with Crippen LogP contribution in [0.25, 0.3) is 0 Å². The molecule has 1 saturated heterocycles. The van der Waals surface area contributed by atoms with Gasteiger partial charge >= 0.3 is 6.03 Å². The van der Waals surface area contributed by atoms with Gasteiger partial charge in [-0.2, -0.15) is 0 Å². The second-order valence-corrected chi connectivity index (χ2v) is 8.23. The molecule has 176 valence electrons. The fourth-order valence-electron chi connectivity index (χ4n) is 3.86. The van der Waals surface area contributed by atoms with E-state index in [1.807, 2.05) is 29.9 Å². The van der Waals surface area contributed by atoms with Crippen LogP contribution in [0.1, 0.15) is 30.3 Å². The van der Waals surface area contributed by atoms with Gasteiger partial charge in [-0.3, -0.25) is 0 Å². The van der Waals surface area contributed by atoms with Gasteiger partial charge in [-0.05, 0) is 44.1 Å². The molecule has 9 heteroatoms. The first-order valence-electron chi connectivity index (χ1n) is 11.2. The van der Waals surface area contributed by atoms with Crippen LogP contribution in [0.2, 0.25) is 0 Å². The lowest BCUT2D eigenvalue weighted by atomic mass is 10.1. The number of carbonyl (C=O) groups is 1. The lowest BCUT2D eigenvalue weighted by molar-refractivity contribution is 0.152. The molecule has 0 aliphatic carbocycles. The zero-order valence-electron chi connectivity index (χ0n) is 19.6. The summed E-state index contributed by atoms with van der Waals surface area (Å²) in [6, 6.07) is 4.92. The fourth-order valence-corrected chi connectivity index (χ4v) is 3.86. The summed E-state index contributed by atoms with van der Waals surface area (Å²) in [5.74, 6) is 2.04. The summed E-state index contributed by atoms with van der Waals surface area (Å²) in [6.45, 7) is 6.22. The fraction of sp³-hybridized carbons (Fsp3) is 0.565. The average molecular weight is 445 g/mol. The number of imidazole rings is 1. The third-order valence-corrected chi connectivity index (χ3v) is 5.88. The molecule has 32 heavy (non-hydrogen) atoms. The van der Waals surface area contributed by atoms with Crippen LogP contribution in [0.5, 0.6) is 11.5 Å². The van der Waals surface area contributed by atoms with E-state index in [0.29, 0.717) is 18.0 Å².